The monoisotopic (exact) mass is 472 g/mol. The molecule has 0 aliphatic heterocycles. The standard InChI is InChI=1S/C21H15F3N6O2S/c1-10(5-16(31)18-12(8-25)20(33-2)27-9-26-18)14-7-17(32-30-14)19-28-13-4-3-11(21(22,23)24)6-15(13)29-19/h3-4,6-7,9-10H,5H2,1-2H3,(H,28,29)/t10-/m0/s1. The lowest BCUT2D eigenvalue weighted by Gasteiger charge is -2.08. The van der Waals surface area contributed by atoms with Gasteiger partial charge in [-0.25, -0.2) is 15.0 Å². The predicted octanol–water partition coefficient (Wildman–Crippen LogP) is 5.00. The third-order valence-electron chi connectivity index (χ3n) is 4.95. The highest BCUT2D eigenvalue weighted by Gasteiger charge is 2.31. The molecule has 0 aliphatic carbocycles. The zero-order valence-corrected chi connectivity index (χ0v) is 18.1. The summed E-state index contributed by atoms with van der Waals surface area (Å²) in [7, 11) is 0. The van der Waals surface area contributed by atoms with Crippen LogP contribution in [0.1, 0.15) is 46.6 Å². The molecule has 12 heteroatoms. The molecule has 4 rings (SSSR count). The molecule has 168 valence electrons. The van der Waals surface area contributed by atoms with Crippen LogP contribution in [-0.2, 0) is 6.18 Å². The predicted molar refractivity (Wildman–Crippen MR) is 112 cm³/mol. The number of aromatic nitrogens is 5. The first-order valence-electron chi connectivity index (χ1n) is 9.57. The summed E-state index contributed by atoms with van der Waals surface area (Å²) < 4.78 is 44.1. The van der Waals surface area contributed by atoms with Gasteiger partial charge in [-0.3, -0.25) is 4.79 Å². The minimum atomic E-state index is -4.47. The van der Waals surface area contributed by atoms with Crippen molar-refractivity contribution in [3.63, 3.8) is 0 Å². The Morgan fingerprint density at radius 3 is 2.79 bits per heavy atom. The molecule has 0 saturated heterocycles. The Hall–Kier alpha value is -3.72. The Labute approximate surface area is 189 Å². The zero-order valence-electron chi connectivity index (χ0n) is 17.3. The van der Waals surface area contributed by atoms with E-state index in [1.807, 2.05) is 6.07 Å². The van der Waals surface area contributed by atoms with Crippen LogP contribution >= 0.6 is 11.8 Å². The second kappa shape index (κ2) is 8.67. The molecular weight excluding hydrogens is 457 g/mol. The number of aromatic amines is 1. The summed E-state index contributed by atoms with van der Waals surface area (Å²) in [6, 6.07) is 6.75. The van der Waals surface area contributed by atoms with Crippen molar-refractivity contribution in [3.05, 3.63) is 53.1 Å². The number of nitriles is 1. The van der Waals surface area contributed by atoms with Gasteiger partial charge in [0.2, 0.25) is 5.76 Å². The number of halogens is 3. The summed E-state index contributed by atoms with van der Waals surface area (Å²) in [6.45, 7) is 1.76. The van der Waals surface area contributed by atoms with Gasteiger partial charge >= 0.3 is 6.18 Å². The van der Waals surface area contributed by atoms with E-state index in [1.54, 1.807) is 19.2 Å². The Morgan fingerprint density at radius 2 is 2.09 bits per heavy atom. The van der Waals surface area contributed by atoms with Crippen LogP contribution in [0.5, 0.6) is 0 Å². The van der Waals surface area contributed by atoms with Gasteiger partial charge in [0.1, 0.15) is 28.7 Å². The van der Waals surface area contributed by atoms with Crippen LogP contribution in [0.4, 0.5) is 13.2 Å². The smallest absolute Gasteiger partial charge is 0.353 e. The molecule has 0 amide bonds. The summed E-state index contributed by atoms with van der Waals surface area (Å²) in [5.41, 5.74) is 0.387. The molecule has 3 aromatic heterocycles. The lowest BCUT2D eigenvalue weighted by Crippen LogP contribution is -2.11. The Morgan fingerprint density at radius 1 is 1.30 bits per heavy atom. The minimum Gasteiger partial charge on any atom is -0.353 e. The number of alkyl halides is 3. The highest BCUT2D eigenvalue weighted by Crippen LogP contribution is 2.32. The van der Waals surface area contributed by atoms with Crippen molar-refractivity contribution in [3.8, 4) is 17.7 Å². The van der Waals surface area contributed by atoms with Gasteiger partial charge in [0.25, 0.3) is 0 Å². The van der Waals surface area contributed by atoms with E-state index in [0.717, 1.165) is 12.1 Å². The van der Waals surface area contributed by atoms with Gasteiger partial charge in [0.15, 0.2) is 11.6 Å². The molecule has 1 N–H and O–H groups in total. The molecule has 8 nitrogen and oxygen atoms in total. The van der Waals surface area contributed by atoms with E-state index in [4.69, 9.17) is 4.52 Å². The fourth-order valence-electron chi connectivity index (χ4n) is 3.25. The molecule has 0 unspecified atom stereocenters. The number of benzene rings is 1. The molecule has 0 fully saturated rings. The van der Waals surface area contributed by atoms with Crippen LogP contribution in [0.2, 0.25) is 0 Å². The number of carbonyl (C=O) groups excluding carboxylic acids is 1. The molecule has 1 aromatic carbocycles. The van der Waals surface area contributed by atoms with Crippen molar-refractivity contribution in [2.24, 2.45) is 0 Å². The number of hydrogen-bond acceptors (Lipinski definition) is 8. The van der Waals surface area contributed by atoms with Crippen LogP contribution in [0.25, 0.3) is 22.6 Å². The summed E-state index contributed by atoms with van der Waals surface area (Å²) >= 11 is 1.25. The van der Waals surface area contributed by atoms with Crippen LogP contribution in [0, 0.1) is 11.3 Å². The van der Waals surface area contributed by atoms with Crippen molar-refractivity contribution in [1.29, 1.82) is 5.26 Å². The topological polar surface area (TPSA) is 121 Å². The highest BCUT2D eigenvalue weighted by atomic mass is 32.2. The van der Waals surface area contributed by atoms with Crippen molar-refractivity contribution in [2.45, 2.75) is 30.5 Å². The Balaban J connectivity index is 1.55. The van der Waals surface area contributed by atoms with Gasteiger partial charge in [-0.05, 0) is 24.5 Å². The van der Waals surface area contributed by atoms with Gasteiger partial charge in [-0.1, -0.05) is 12.1 Å². The minimum absolute atomic E-state index is 0.0144. The van der Waals surface area contributed by atoms with Gasteiger partial charge in [-0.15, -0.1) is 11.8 Å². The van der Waals surface area contributed by atoms with E-state index in [9.17, 15) is 23.2 Å². The third-order valence-corrected chi connectivity index (χ3v) is 5.65. The van der Waals surface area contributed by atoms with Crippen LogP contribution < -0.4 is 0 Å². The van der Waals surface area contributed by atoms with Crippen LogP contribution in [0.3, 0.4) is 0 Å². The molecule has 33 heavy (non-hydrogen) atoms. The lowest BCUT2D eigenvalue weighted by atomic mass is 9.98. The molecule has 0 saturated carbocycles. The maximum atomic E-state index is 12.9. The summed E-state index contributed by atoms with van der Waals surface area (Å²) in [6.07, 6.45) is -1.46. The Kier molecular flexibility index (Phi) is 5.90. The summed E-state index contributed by atoms with van der Waals surface area (Å²) in [5.74, 6) is -0.285. The van der Waals surface area contributed by atoms with Gasteiger partial charge in [0.05, 0.1) is 22.3 Å². The molecular formula is C21H15F3N6O2S. The van der Waals surface area contributed by atoms with Crippen LogP contribution in [-0.4, -0.2) is 37.1 Å². The number of H-pyrrole nitrogens is 1. The number of carbonyl (C=O) groups is 1. The molecule has 0 radical (unpaired) electrons. The second-order valence-electron chi connectivity index (χ2n) is 7.18. The molecule has 0 spiro atoms. The van der Waals surface area contributed by atoms with E-state index in [2.05, 4.69) is 25.1 Å². The number of thioether (sulfide) groups is 1. The first kappa shape index (κ1) is 22.5. The first-order chi connectivity index (χ1) is 15.7. The molecule has 0 aliphatic rings. The highest BCUT2D eigenvalue weighted by molar-refractivity contribution is 7.98. The normalized spacial score (nSPS) is 12.6. The average Bonchev–Trinajstić information content (AvgIpc) is 3.44. The SMILES string of the molecule is CSc1ncnc(C(=O)C[C@H](C)c2cc(-c3nc4ccc(C(F)(F)F)cc4[nH]3)on2)c1C#N. The van der Waals surface area contributed by atoms with Crippen molar-refractivity contribution < 1.29 is 22.5 Å². The molecule has 1 atom stereocenters. The van der Waals surface area contributed by atoms with Crippen LogP contribution in [0.15, 0.2) is 40.1 Å². The Bertz CT molecular complexity index is 1390. The second-order valence-corrected chi connectivity index (χ2v) is 7.97. The van der Waals surface area contributed by atoms with Gasteiger partial charge in [0, 0.05) is 18.4 Å². The van der Waals surface area contributed by atoms with Gasteiger partial charge < -0.3 is 9.51 Å². The lowest BCUT2D eigenvalue weighted by molar-refractivity contribution is -0.137. The fourth-order valence-corrected chi connectivity index (χ4v) is 3.75. The largest absolute Gasteiger partial charge is 0.416 e. The van der Waals surface area contributed by atoms with E-state index < -0.39 is 11.7 Å². The van der Waals surface area contributed by atoms with E-state index in [-0.39, 0.29) is 46.5 Å². The number of fused-ring (bicyclic) bond motifs is 1. The van der Waals surface area contributed by atoms with E-state index in [0.29, 0.717) is 16.2 Å². The third kappa shape index (κ3) is 4.45. The maximum Gasteiger partial charge on any atom is 0.416 e. The molecule has 0 bridgehead atoms. The van der Waals surface area contributed by atoms with Crippen molar-refractivity contribution >= 4 is 28.6 Å². The molecule has 4 aromatic rings. The van der Waals surface area contributed by atoms with Crippen molar-refractivity contribution in [2.75, 3.05) is 6.26 Å². The van der Waals surface area contributed by atoms with E-state index >= 15 is 0 Å². The average molecular weight is 472 g/mol. The molecule has 3 heterocycles. The fraction of sp³-hybridized carbons (Fsp3) is 0.238. The van der Waals surface area contributed by atoms with E-state index in [1.165, 1.54) is 24.2 Å². The first-order valence-corrected chi connectivity index (χ1v) is 10.8. The quantitative estimate of drug-likeness (QED) is 0.236. The maximum absolute atomic E-state index is 12.9. The van der Waals surface area contributed by atoms with Crippen molar-refractivity contribution in [1.82, 2.24) is 25.1 Å². The number of hydrogen-bond donors (Lipinski definition) is 1. The summed E-state index contributed by atoms with van der Waals surface area (Å²) in [5, 5.41) is 13.8. The summed E-state index contributed by atoms with van der Waals surface area (Å²) in [4.78, 5) is 27.8. The zero-order chi connectivity index (χ0) is 23.8. The van der Waals surface area contributed by atoms with Gasteiger partial charge in [-0.2, -0.15) is 18.4 Å². The number of imidazole rings is 1. The number of ketones is 1. The number of nitrogens with one attached hydrogen (secondary N) is 1. The number of rotatable bonds is 6. The number of nitrogens with zero attached hydrogens (tertiary/aromatic N) is 5. The number of Topliss-reactive ketones (excluding diaryl/α,β-unsaturated/α-hetero) is 1.